The Morgan fingerprint density at radius 3 is 2.45 bits per heavy atom. The van der Waals surface area contributed by atoms with Crippen molar-refractivity contribution in [1.82, 2.24) is 4.31 Å². The highest BCUT2D eigenvalue weighted by molar-refractivity contribution is 7.89. The predicted octanol–water partition coefficient (Wildman–Crippen LogP) is 2.54. The Morgan fingerprint density at radius 1 is 1.30 bits per heavy atom. The Bertz CT molecular complexity index is 540. The van der Waals surface area contributed by atoms with Gasteiger partial charge in [-0.2, -0.15) is 4.31 Å². The van der Waals surface area contributed by atoms with Crippen molar-refractivity contribution in [2.45, 2.75) is 45.6 Å². The van der Waals surface area contributed by atoms with E-state index >= 15 is 0 Å². The molecule has 0 saturated carbocycles. The number of hydrogen-bond acceptors (Lipinski definition) is 3. The van der Waals surface area contributed by atoms with Crippen LogP contribution in [0, 0.1) is 12.8 Å². The Hall–Kier alpha value is -0.910. The highest BCUT2D eigenvalue weighted by atomic mass is 32.2. The van der Waals surface area contributed by atoms with Crippen molar-refractivity contribution in [2.75, 3.05) is 13.1 Å². The van der Waals surface area contributed by atoms with E-state index < -0.39 is 10.0 Å². The second kappa shape index (κ2) is 7.20. The molecule has 1 unspecified atom stereocenters. The molecule has 0 saturated heterocycles. The van der Waals surface area contributed by atoms with E-state index in [1.165, 1.54) is 4.31 Å². The van der Waals surface area contributed by atoms with Gasteiger partial charge in [0.25, 0.3) is 0 Å². The Morgan fingerprint density at radius 2 is 1.95 bits per heavy atom. The first kappa shape index (κ1) is 17.1. The lowest BCUT2D eigenvalue weighted by Gasteiger charge is -2.23. The van der Waals surface area contributed by atoms with Crippen LogP contribution in [-0.2, 0) is 16.6 Å². The molecular formula is C15H25NO3S. The summed E-state index contributed by atoms with van der Waals surface area (Å²) < 4.78 is 26.8. The number of sulfonamides is 1. The van der Waals surface area contributed by atoms with Crippen molar-refractivity contribution < 1.29 is 13.5 Å². The molecule has 1 aromatic rings. The monoisotopic (exact) mass is 299 g/mol. The molecule has 20 heavy (non-hydrogen) atoms. The van der Waals surface area contributed by atoms with Gasteiger partial charge in [0.1, 0.15) is 0 Å². The second-order valence-corrected chi connectivity index (χ2v) is 7.15. The Balaban J connectivity index is 3.13. The van der Waals surface area contributed by atoms with Crippen molar-refractivity contribution in [2.24, 2.45) is 5.92 Å². The van der Waals surface area contributed by atoms with E-state index in [0.717, 1.165) is 12.0 Å². The largest absolute Gasteiger partial charge is 0.392 e. The minimum Gasteiger partial charge on any atom is -0.392 e. The smallest absolute Gasteiger partial charge is 0.243 e. The Kier molecular flexibility index (Phi) is 6.17. The molecule has 0 heterocycles. The third kappa shape index (κ3) is 3.81. The van der Waals surface area contributed by atoms with Gasteiger partial charge in [-0.1, -0.05) is 33.3 Å². The van der Waals surface area contributed by atoms with Gasteiger partial charge in [-0.15, -0.1) is 0 Å². The maximum atomic E-state index is 12.6. The average molecular weight is 299 g/mol. The lowest BCUT2D eigenvalue weighted by molar-refractivity contribution is 0.280. The quantitative estimate of drug-likeness (QED) is 0.842. The fraction of sp³-hybridized carbons (Fsp3) is 0.600. The molecule has 0 fully saturated rings. The van der Waals surface area contributed by atoms with Gasteiger partial charge in [-0.3, -0.25) is 0 Å². The molecule has 0 aromatic heterocycles. The normalized spacial score (nSPS) is 13.7. The van der Waals surface area contributed by atoms with Crippen LogP contribution < -0.4 is 0 Å². The highest BCUT2D eigenvalue weighted by Gasteiger charge is 2.24. The lowest BCUT2D eigenvalue weighted by atomic mass is 10.1. The molecule has 4 nitrogen and oxygen atoms in total. The molecule has 0 spiro atoms. The van der Waals surface area contributed by atoms with Crippen molar-refractivity contribution >= 4 is 10.0 Å². The summed E-state index contributed by atoms with van der Waals surface area (Å²) in [4.78, 5) is 0.261. The zero-order valence-corrected chi connectivity index (χ0v) is 13.6. The summed E-state index contributed by atoms with van der Waals surface area (Å²) in [5, 5.41) is 9.28. The van der Waals surface area contributed by atoms with Gasteiger partial charge in [0.05, 0.1) is 11.5 Å². The van der Waals surface area contributed by atoms with E-state index in [9.17, 15) is 13.5 Å². The first-order valence-electron chi connectivity index (χ1n) is 7.07. The van der Waals surface area contributed by atoms with Crippen molar-refractivity contribution in [1.29, 1.82) is 0 Å². The first-order valence-corrected chi connectivity index (χ1v) is 8.51. The highest BCUT2D eigenvalue weighted by Crippen LogP contribution is 2.21. The minimum atomic E-state index is -3.48. The van der Waals surface area contributed by atoms with Crippen LogP contribution in [0.25, 0.3) is 0 Å². The number of aryl methyl sites for hydroxylation is 1. The third-order valence-electron chi connectivity index (χ3n) is 3.69. The first-order chi connectivity index (χ1) is 9.36. The van der Waals surface area contributed by atoms with Gasteiger partial charge in [0.15, 0.2) is 0 Å². The maximum Gasteiger partial charge on any atom is 0.243 e. The van der Waals surface area contributed by atoms with Crippen molar-refractivity contribution in [3.05, 3.63) is 29.3 Å². The fourth-order valence-corrected chi connectivity index (χ4v) is 3.62. The standard InChI is InChI=1S/C15H25NO3S/c1-5-12(3)10-16(6-2)20(18,19)15-8-7-13(4)14(9-15)11-17/h7-9,12,17H,5-6,10-11H2,1-4H3. The second-order valence-electron chi connectivity index (χ2n) is 5.22. The molecule has 1 atom stereocenters. The number of hydrogen-bond donors (Lipinski definition) is 1. The third-order valence-corrected chi connectivity index (χ3v) is 5.63. The minimum absolute atomic E-state index is 0.146. The van der Waals surface area contributed by atoms with Gasteiger partial charge >= 0.3 is 0 Å². The topological polar surface area (TPSA) is 57.6 Å². The van der Waals surface area contributed by atoms with E-state index in [2.05, 4.69) is 6.92 Å². The SMILES string of the molecule is CCC(C)CN(CC)S(=O)(=O)c1ccc(C)c(CO)c1. The summed E-state index contributed by atoms with van der Waals surface area (Å²) >= 11 is 0. The molecular weight excluding hydrogens is 274 g/mol. The maximum absolute atomic E-state index is 12.6. The average Bonchev–Trinajstić information content (AvgIpc) is 2.44. The molecule has 0 aliphatic rings. The fourth-order valence-electron chi connectivity index (χ4n) is 2.00. The molecule has 0 bridgehead atoms. The number of aliphatic hydroxyl groups is 1. The van der Waals surface area contributed by atoms with Gasteiger partial charge < -0.3 is 5.11 Å². The molecule has 1 aromatic carbocycles. The van der Waals surface area contributed by atoms with Crippen LogP contribution in [0.15, 0.2) is 23.1 Å². The van der Waals surface area contributed by atoms with Crippen LogP contribution in [0.3, 0.4) is 0 Å². The van der Waals surface area contributed by atoms with Gasteiger partial charge in [-0.05, 0) is 36.1 Å². The summed E-state index contributed by atoms with van der Waals surface area (Å²) in [6, 6.07) is 4.93. The van der Waals surface area contributed by atoms with Crippen LogP contribution in [0.4, 0.5) is 0 Å². The number of nitrogens with zero attached hydrogens (tertiary/aromatic N) is 1. The van der Waals surface area contributed by atoms with Crippen LogP contribution in [0.1, 0.15) is 38.3 Å². The number of rotatable bonds is 7. The van der Waals surface area contributed by atoms with E-state index in [1.54, 1.807) is 18.2 Å². The number of aliphatic hydroxyl groups excluding tert-OH is 1. The number of benzene rings is 1. The summed E-state index contributed by atoms with van der Waals surface area (Å²) in [5.74, 6) is 0.326. The van der Waals surface area contributed by atoms with Crippen LogP contribution >= 0.6 is 0 Å². The Labute approximate surface area is 122 Å². The lowest BCUT2D eigenvalue weighted by Crippen LogP contribution is -2.34. The van der Waals surface area contributed by atoms with E-state index in [-0.39, 0.29) is 11.5 Å². The van der Waals surface area contributed by atoms with E-state index in [1.807, 2.05) is 20.8 Å². The molecule has 5 heteroatoms. The van der Waals surface area contributed by atoms with Crippen LogP contribution in [-0.4, -0.2) is 30.9 Å². The van der Waals surface area contributed by atoms with E-state index in [4.69, 9.17) is 0 Å². The molecule has 0 aliphatic heterocycles. The van der Waals surface area contributed by atoms with Crippen LogP contribution in [0.5, 0.6) is 0 Å². The van der Waals surface area contributed by atoms with Gasteiger partial charge in [0.2, 0.25) is 10.0 Å². The molecule has 0 aliphatic carbocycles. The van der Waals surface area contributed by atoms with Crippen LogP contribution in [0.2, 0.25) is 0 Å². The molecule has 1 rings (SSSR count). The van der Waals surface area contributed by atoms with E-state index in [0.29, 0.717) is 24.6 Å². The van der Waals surface area contributed by atoms with Gasteiger partial charge in [0, 0.05) is 13.1 Å². The zero-order valence-electron chi connectivity index (χ0n) is 12.8. The molecule has 0 radical (unpaired) electrons. The predicted molar refractivity (Wildman–Crippen MR) is 81.0 cm³/mol. The molecule has 1 N–H and O–H groups in total. The molecule has 114 valence electrons. The zero-order chi connectivity index (χ0) is 15.3. The van der Waals surface area contributed by atoms with Gasteiger partial charge in [-0.25, -0.2) is 8.42 Å². The summed E-state index contributed by atoms with van der Waals surface area (Å²) in [7, 11) is -3.48. The summed E-state index contributed by atoms with van der Waals surface area (Å²) in [6.07, 6.45) is 0.946. The summed E-state index contributed by atoms with van der Waals surface area (Å²) in [6.45, 7) is 8.65. The summed E-state index contributed by atoms with van der Waals surface area (Å²) in [5.41, 5.74) is 1.56. The van der Waals surface area contributed by atoms with Crippen molar-refractivity contribution in [3.63, 3.8) is 0 Å². The van der Waals surface area contributed by atoms with Crippen molar-refractivity contribution in [3.8, 4) is 0 Å². The molecule has 0 amide bonds.